The molecule has 3 aliphatic rings. The van der Waals surface area contributed by atoms with Crippen molar-refractivity contribution in [1.29, 1.82) is 0 Å². The summed E-state index contributed by atoms with van der Waals surface area (Å²) in [6.45, 7) is 0. The molecule has 6 heteroatoms. The zero-order chi connectivity index (χ0) is 21.2. The van der Waals surface area contributed by atoms with Gasteiger partial charge >= 0.3 is 185 Å². The number of fused-ring (bicyclic) bond motifs is 3. The minimum absolute atomic E-state index is 0.602. The second-order valence-electron chi connectivity index (χ2n) is 7.78. The first kappa shape index (κ1) is 17.7. The normalized spacial score (nSPS) is 19.5. The van der Waals surface area contributed by atoms with Crippen molar-refractivity contribution in [3.8, 4) is 17.2 Å². The van der Waals surface area contributed by atoms with Crippen LogP contribution in [0.4, 0.5) is 5.69 Å². The van der Waals surface area contributed by atoms with Gasteiger partial charge in [-0.05, 0) is 0 Å². The van der Waals surface area contributed by atoms with Crippen LogP contribution < -0.4 is 18.2 Å². The van der Waals surface area contributed by atoms with E-state index in [-0.39, 0.29) is 0 Å². The molecule has 0 aliphatic carbocycles. The van der Waals surface area contributed by atoms with E-state index in [1.54, 1.807) is 0 Å². The summed E-state index contributed by atoms with van der Waals surface area (Å²) in [5, 5.41) is 0. The van der Waals surface area contributed by atoms with E-state index in [0.717, 1.165) is 22.5 Å². The molecule has 4 aromatic rings. The maximum absolute atomic E-state index is 6.81. The molecule has 1 spiro atoms. The summed E-state index contributed by atoms with van der Waals surface area (Å²) in [6.07, 6.45) is 0. The molecule has 0 radical (unpaired) electrons. The van der Waals surface area contributed by atoms with Gasteiger partial charge in [0, 0.05) is 0 Å². The van der Waals surface area contributed by atoms with E-state index in [4.69, 9.17) is 18.1 Å². The van der Waals surface area contributed by atoms with Gasteiger partial charge in [0.25, 0.3) is 0 Å². The summed E-state index contributed by atoms with van der Waals surface area (Å²) in [5.74, 6) is 2.53. The van der Waals surface area contributed by atoms with E-state index < -0.39 is 7.66 Å². The molecular formula is C26H18NO4P. The second kappa shape index (κ2) is 6.06. The number of nitrogens with zero attached hydrogens (tertiary/aromatic N) is 1. The van der Waals surface area contributed by atoms with Gasteiger partial charge in [0.2, 0.25) is 0 Å². The van der Waals surface area contributed by atoms with Crippen molar-refractivity contribution in [3.63, 3.8) is 0 Å². The van der Waals surface area contributed by atoms with Gasteiger partial charge < -0.3 is 0 Å². The van der Waals surface area contributed by atoms with Crippen LogP contribution in [0.15, 0.2) is 109 Å². The molecule has 0 saturated carbocycles. The Morgan fingerprint density at radius 2 is 0.969 bits per heavy atom. The number of anilines is 1. The summed E-state index contributed by atoms with van der Waals surface area (Å²) < 4.78 is 28.6. The van der Waals surface area contributed by atoms with Crippen LogP contribution in [0.5, 0.6) is 17.2 Å². The van der Waals surface area contributed by atoms with Gasteiger partial charge in [0.15, 0.2) is 0 Å². The fraction of sp³-hybridized carbons (Fsp3) is 0. The summed E-state index contributed by atoms with van der Waals surface area (Å²) in [7, 11) is -4.34. The molecule has 5 nitrogen and oxygen atoms in total. The van der Waals surface area contributed by atoms with Gasteiger partial charge in [-0.1, -0.05) is 0 Å². The third-order valence-electron chi connectivity index (χ3n) is 5.78. The molecule has 3 heterocycles. The monoisotopic (exact) mass is 439 g/mol. The SMILES string of the molecule is c1ccc(C2=C(c3ccccc3)N3c4ccccc4OP34(O2)Oc2ccccc2O4)cc1. The first-order chi connectivity index (χ1) is 15.8. The van der Waals surface area contributed by atoms with Crippen molar-refractivity contribution in [2.75, 3.05) is 4.67 Å². The molecule has 0 amide bonds. The molecule has 7 rings (SSSR count). The fourth-order valence-electron chi connectivity index (χ4n) is 4.46. The van der Waals surface area contributed by atoms with Gasteiger partial charge in [-0.15, -0.1) is 0 Å². The zero-order valence-corrected chi connectivity index (χ0v) is 17.8. The third-order valence-corrected chi connectivity index (χ3v) is 8.84. The zero-order valence-electron chi connectivity index (χ0n) is 16.9. The van der Waals surface area contributed by atoms with E-state index in [2.05, 4.69) is 12.1 Å². The standard InChI is InChI=1S/C26H18NO4P/c1-3-11-19(12-4-1)25-26(20-13-5-2-6-14-20)31-32(29-23-17-9-10-18-24(23)30-32)27(25)21-15-7-8-16-22(21)28-32/h1-18H. The summed E-state index contributed by atoms with van der Waals surface area (Å²) in [4.78, 5) is 0. The molecule has 0 unspecified atom stereocenters. The van der Waals surface area contributed by atoms with Crippen molar-refractivity contribution in [1.82, 2.24) is 0 Å². The van der Waals surface area contributed by atoms with Gasteiger partial charge in [0.05, 0.1) is 0 Å². The molecule has 0 atom stereocenters. The molecule has 0 N–H and O–H groups in total. The molecule has 0 bridgehead atoms. The first-order valence-electron chi connectivity index (χ1n) is 10.4. The average Bonchev–Trinajstić information content (AvgIpc) is 3.42. The summed E-state index contributed by atoms with van der Waals surface area (Å²) in [5.41, 5.74) is 3.61. The summed E-state index contributed by atoms with van der Waals surface area (Å²) >= 11 is 0. The van der Waals surface area contributed by atoms with Crippen LogP contribution in [0.2, 0.25) is 0 Å². The molecule has 0 fully saturated rings. The van der Waals surface area contributed by atoms with Crippen molar-refractivity contribution in [3.05, 3.63) is 120 Å². The molecule has 3 aliphatic heterocycles. The summed E-state index contributed by atoms with van der Waals surface area (Å²) in [6, 6.07) is 35.6. The Bertz CT molecular complexity index is 1370. The van der Waals surface area contributed by atoms with Crippen LogP contribution in [0.1, 0.15) is 11.1 Å². The number of hydrogen-bond donors (Lipinski definition) is 0. The minimum atomic E-state index is -4.34. The van der Waals surface area contributed by atoms with Gasteiger partial charge in [0.1, 0.15) is 0 Å². The molecule has 0 saturated heterocycles. The first-order valence-corrected chi connectivity index (χ1v) is 12.3. The number of rotatable bonds is 2. The van der Waals surface area contributed by atoms with E-state index in [0.29, 0.717) is 23.0 Å². The van der Waals surface area contributed by atoms with Crippen LogP contribution in [0, 0.1) is 0 Å². The Morgan fingerprint density at radius 3 is 1.62 bits per heavy atom. The van der Waals surface area contributed by atoms with E-state index in [9.17, 15) is 0 Å². The number of para-hydroxylation sites is 4. The number of hydrogen-bond acceptors (Lipinski definition) is 5. The molecule has 156 valence electrons. The Morgan fingerprint density at radius 1 is 0.469 bits per heavy atom. The van der Waals surface area contributed by atoms with Crippen LogP contribution >= 0.6 is 7.66 Å². The molecule has 32 heavy (non-hydrogen) atoms. The topological polar surface area (TPSA) is 40.2 Å². The predicted molar refractivity (Wildman–Crippen MR) is 125 cm³/mol. The van der Waals surface area contributed by atoms with E-state index >= 15 is 0 Å². The Kier molecular flexibility index (Phi) is 3.35. The fourth-order valence-corrected chi connectivity index (χ4v) is 8.00. The average molecular weight is 439 g/mol. The predicted octanol–water partition coefficient (Wildman–Crippen LogP) is 7.04. The quantitative estimate of drug-likeness (QED) is 0.313. The van der Waals surface area contributed by atoms with Crippen LogP contribution in [0.3, 0.4) is 0 Å². The molecule has 4 aromatic carbocycles. The Labute approximate surface area is 185 Å². The number of benzene rings is 4. The van der Waals surface area contributed by atoms with Gasteiger partial charge in [-0.2, -0.15) is 0 Å². The third kappa shape index (κ3) is 2.21. The Hall–Kier alpha value is -3.95. The van der Waals surface area contributed by atoms with Gasteiger partial charge in [-0.3, -0.25) is 0 Å². The van der Waals surface area contributed by atoms with Crippen LogP contribution in [-0.2, 0) is 4.52 Å². The molecular weight excluding hydrogens is 421 g/mol. The Balaban J connectivity index is 1.54. The van der Waals surface area contributed by atoms with Crippen molar-refractivity contribution >= 4 is 24.8 Å². The van der Waals surface area contributed by atoms with Crippen molar-refractivity contribution in [2.24, 2.45) is 0 Å². The van der Waals surface area contributed by atoms with Crippen molar-refractivity contribution in [2.45, 2.75) is 0 Å². The van der Waals surface area contributed by atoms with Crippen LogP contribution in [0.25, 0.3) is 11.5 Å². The molecule has 0 aromatic heterocycles. The van der Waals surface area contributed by atoms with E-state index in [1.165, 1.54) is 0 Å². The second-order valence-corrected chi connectivity index (χ2v) is 10.5. The van der Waals surface area contributed by atoms with Crippen molar-refractivity contribution < 1.29 is 18.1 Å². The maximum atomic E-state index is 6.81. The van der Waals surface area contributed by atoms with Gasteiger partial charge in [-0.25, -0.2) is 0 Å². The van der Waals surface area contributed by atoms with Crippen LogP contribution in [-0.4, -0.2) is 0 Å². The van der Waals surface area contributed by atoms with E-state index in [1.807, 2.05) is 102 Å².